The number of carbonyl (C=O) groups is 1. The number of nitrogens with one attached hydrogen (secondary N) is 1. The van der Waals surface area contributed by atoms with Crippen LogP contribution >= 0.6 is 27.5 Å². The highest BCUT2D eigenvalue weighted by Crippen LogP contribution is 2.22. The van der Waals surface area contributed by atoms with Gasteiger partial charge in [0.15, 0.2) is 0 Å². The first kappa shape index (κ1) is 17.3. The zero-order valence-electron chi connectivity index (χ0n) is 11.7. The first-order chi connectivity index (χ1) is 9.21. The molecule has 1 rings (SSSR count). The predicted molar refractivity (Wildman–Crippen MR) is 83.1 cm³/mol. The third kappa shape index (κ3) is 6.11. The van der Waals surface area contributed by atoms with Gasteiger partial charge in [0, 0.05) is 9.50 Å². The van der Waals surface area contributed by atoms with Crippen molar-refractivity contribution < 1.29 is 14.6 Å². The Morgan fingerprint density at radius 2 is 2.15 bits per heavy atom. The molecular formula is C14H19BrClNO3. The van der Waals surface area contributed by atoms with Gasteiger partial charge in [0.25, 0.3) is 0 Å². The van der Waals surface area contributed by atoms with Crippen LogP contribution in [0.2, 0.25) is 5.02 Å². The monoisotopic (exact) mass is 363 g/mol. The summed E-state index contributed by atoms with van der Waals surface area (Å²) in [5.41, 5.74) is 0.282. The Labute approximate surface area is 132 Å². The molecular weight excluding hydrogens is 346 g/mol. The van der Waals surface area contributed by atoms with Gasteiger partial charge < -0.3 is 15.2 Å². The van der Waals surface area contributed by atoms with E-state index >= 15 is 0 Å². The van der Waals surface area contributed by atoms with Crippen LogP contribution in [-0.4, -0.2) is 29.4 Å². The van der Waals surface area contributed by atoms with Gasteiger partial charge in [0.2, 0.25) is 0 Å². The number of hydrogen-bond acceptors (Lipinski definition) is 3. The second kappa shape index (κ2) is 7.29. The zero-order valence-corrected chi connectivity index (χ0v) is 14.1. The van der Waals surface area contributed by atoms with Crippen LogP contribution in [0.15, 0.2) is 22.7 Å². The Morgan fingerprint density at radius 1 is 1.50 bits per heavy atom. The van der Waals surface area contributed by atoms with Gasteiger partial charge in [-0.3, -0.25) is 0 Å². The minimum Gasteiger partial charge on any atom is -0.444 e. The van der Waals surface area contributed by atoms with Crippen molar-refractivity contribution >= 4 is 33.6 Å². The van der Waals surface area contributed by atoms with Gasteiger partial charge in [0.1, 0.15) is 5.60 Å². The Bertz CT molecular complexity index is 474. The van der Waals surface area contributed by atoms with E-state index in [1.807, 2.05) is 12.1 Å². The SMILES string of the molecule is CC(C)(C)OC(=O)NC(CO)Cc1ccc(Br)cc1Cl. The van der Waals surface area contributed by atoms with Gasteiger partial charge in [-0.05, 0) is 44.9 Å². The summed E-state index contributed by atoms with van der Waals surface area (Å²) in [5, 5.41) is 12.6. The minimum absolute atomic E-state index is 0.189. The highest BCUT2D eigenvalue weighted by Gasteiger charge is 2.19. The first-order valence-corrected chi connectivity index (χ1v) is 7.42. The molecule has 0 heterocycles. The smallest absolute Gasteiger partial charge is 0.407 e. The average Bonchev–Trinajstić information content (AvgIpc) is 2.29. The molecule has 0 bridgehead atoms. The van der Waals surface area contributed by atoms with E-state index in [1.54, 1.807) is 26.8 Å². The van der Waals surface area contributed by atoms with Crippen molar-refractivity contribution in [2.45, 2.75) is 38.8 Å². The molecule has 0 radical (unpaired) electrons. The van der Waals surface area contributed by atoms with E-state index in [4.69, 9.17) is 16.3 Å². The molecule has 2 N–H and O–H groups in total. The van der Waals surface area contributed by atoms with Crippen LogP contribution in [0.3, 0.4) is 0 Å². The molecule has 4 nitrogen and oxygen atoms in total. The Hall–Kier alpha value is -0.780. The molecule has 1 aromatic rings. The number of alkyl carbamates (subject to hydrolysis) is 1. The summed E-state index contributed by atoms with van der Waals surface area (Å²) in [6.45, 7) is 5.16. The summed E-state index contributed by atoms with van der Waals surface area (Å²) in [6, 6.07) is 5.05. The summed E-state index contributed by atoms with van der Waals surface area (Å²) < 4.78 is 6.04. The van der Waals surface area contributed by atoms with Crippen molar-refractivity contribution in [3.63, 3.8) is 0 Å². The first-order valence-electron chi connectivity index (χ1n) is 6.25. The molecule has 0 aliphatic carbocycles. The van der Waals surface area contributed by atoms with E-state index in [2.05, 4.69) is 21.2 Å². The van der Waals surface area contributed by atoms with Crippen LogP contribution in [0.1, 0.15) is 26.3 Å². The molecule has 0 saturated heterocycles. The number of carbonyl (C=O) groups excluding carboxylic acids is 1. The summed E-state index contributed by atoms with van der Waals surface area (Å²) in [7, 11) is 0. The summed E-state index contributed by atoms with van der Waals surface area (Å²) in [5.74, 6) is 0. The maximum Gasteiger partial charge on any atom is 0.407 e. The number of amides is 1. The van der Waals surface area contributed by atoms with Crippen LogP contribution in [0.4, 0.5) is 4.79 Å². The van der Waals surface area contributed by atoms with Crippen LogP contribution in [0, 0.1) is 0 Å². The molecule has 1 aromatic carbocycles. The van der Waals surface area contributed by atoms with Crippen LogP contribution in [0.25, 0.3) is 0 Å². The molecule has 0 fully saturated rings. The van der Waals surface area contributed by atoms with E-state index in [-0.39, 0.29) is 6.61 Å². The fourth-order valence-electron chi connectivity index (χ4n) is 1.59. The lowest BCUT2D eigenvalue weighted by Crippen LogP contribution is -2.42. The standard InChI is InChI=1S/C14H19BrClNO3/c1-14(2,3)20-13(19)17-11(8-18)6-9-4-5-10(15)7-12(9)16/h4-5,7,11,18H,6,8H2,1-3H3,(H,17,19). The van der Waals surface area contributed by atoms with Crippen LogP contribution in [0.5, 0.6) is 0 Å². The summed E-state index contributed by atoms with van der Waals surface area (Å²) in [4.78, 5) is 11.7. The van der Waals surface area contributed by atoms with Gasteiger partial charge in [0.05, 0.1) is 12.6 Å². The lowest BCUT2D eigenvalue weighted by molar-refractivity contribution is 0.0483. The number of aliphatic hydroxyl groups excluding tert-OH is 1. The molecule has 0 aliphatic rings. The molecule has 0 aromatic heterocycles. The van der Waals surface area contributed by atoms with Crippen molar-refractivity contribution in [3.05, 3.63) is 33.3 Å². The Kier molecular flexibility index (Phi) is 6.30. The summed E-state index contributed by atoms with van der Waals surface area (Å²) in [6.07, 6.45) is -0.119. The van der Waals surface area contributed by atoms with E-state index in [1.165, 1.54) is 0 Å². The second-order valence-electron chi connectivity index (χ2n) is 5.47. The fourth-order valence-corrected chi connectivity index (χ4v) is 2.34. The lowest BCUT2D eigenvalue weighted by Gasteiger charge is -2.23. The third-order valence-corrected chi connectivity index (χ3v) is 3.27. The molecule has 20 heavy (non-hydrogen) atoms. The lowest BCUT2D eigenvalue weighted by atomic mass is 10.1. The van der Waals surface area contributed by atoms with Gasteiger partial charge in [-0.15, -0.1) is 0 Å². The number of halogens is 2. The van der Waals surface area contributed by atoms with Gasteiger partial charge in [-0.2, -0.15) is 0 Å². The molecule has 0 aliphatic heterocycles. The maximum absolute atomic E-state index is 11.7. The van der Waals surface area contributed by atoms with Gasteiger partial charge >= 0.3 is 6.09 Å². The molecule has 112 valence electrons. The topological polar surface area (TPSA) is 58.6 Å². The largest absolute Gasteiger partial charge is 0.444 e. The molecule has 1 unspecified atom stereocenters. The van der Waals surface area contributed by atoms with Crippen molar-refractivity contribution in [2.75, 3.05) is 6.61 Å². The van der Waals surface area contributed by atoms with E-state index in [0.29, 0.717) is 11.4 Å². The van der Waals surface area contributed by atoms with Crippen LogP contribution < -0.4 is 5.32 Å². The molecule has 1 atom stereocenters. The zero-order chi connectivity index (χ0) is 15.3. The van der Waals surface area contributed by atoms with E-state index in [0.717, 1.165) is 10.0 Å². The fraction of sp³-hybridized carbons (Fsp3) is 0.500. The minimum atomic E-state index is -0.570. The van der Waals surface area contributed by atoms with E-state index in [9.17, 15) is 9.90 Å². The third-order valence-electron chi connectivity index (χ3n) is 2.42. The quantitative estimate of drug-likeness (QED) is 0.859. The normalized spacial score (nSPS) is 12.9. The van der Waals surface area contributed by atoms with Gasteiger partial charge in [-0.1, -0.05) is 33.6 Å². The number of ether oxygens (including phenoxy) is 1. The van der Waals surface area contributed by atoms with Crippen molar-refractivity contribution in [2.24, 2.45) is 0 Å². The molecule has 0 spiro atoms. The Morgan fingerprint density at radius 3 is 2.65 bits per heavy atom. The highest BCUT2D eigenvalue weighted by atomic mass is 79.9. The maximum atomic E-state index is 11.7. The second-order valence-corrected chi connectivity index (χ2v) is 6.79. The number of hydrogen-bond donors (Lipinski definition) is 2. The summed E-state index contributed by atoms with van der Waals surface area (Å²) >= 11 is 9.45. The van der Waals surface area contributed by atoms with E-state index < -0.39 is 17.7 Å². The van der Waals surface area contributed by atoms with Crippen molar-refractivity contribution in [1.29, 1.82) is 0 Å². The average molecular weight is 365 g/mol. The molecule has 0 saturated carbocycles. The van der Waals surface area contributed by atoms with Gasteiger partial charge in [-0.25, -0.2) is 4.79 Å². The number of rotatable bonds is 4. The number of aliphatic hydroxyl groups is 1. The Balaban J connectivity index is 2.65. The predicted octanol–water partition coefficient (Wildman–Crippen LogP) is 3.53. The van der Waals surface area contributed by atoms with Crippen LogP contribution in [-0.2, 0) is 11.2 Å². The van der Waals surface area contributed by atoms with Crippen molar-refractivity contribution in [3.8, 4) is 0 Å². The molecule has 1 amide bonds. The molecule has 6 heteroatoms. The number of benzene rings is 1. The highest BCUT2D eigenvalue weighted by molar-refractivity contribution is 9.10. The van der Waals surface area contributed by atoms with Crippen molar-refractivity contribution in [1.82, 2.24) is 5.32 Å².